The highest BCUT2D eigenvalue weighted by Crippen LogP contribution is 2.08. The molecule has 0 aliphatic carbocycles. The highest BCUT2D eigenvalue weighted by molar-refractivity contribution is 4.77. The lowest BCUT2D eigenvalue weighted by molar-refractivity contribution is 0.0580. The van der Waals surface area contributed by atoms with Crippen molar-refractivity contribution in [2.45, 2.75) is 32.4 Å². The fraction of sp³-hybridized carbons (Fsp3) is 1.00. The molecule has 0 aromatic heterocycles. The zero-order chi connectivity index (χ0) is 14.1. The van der Waals surface area contributed by atoms with E-state index in [0.717, 1.165) is 39.3 Å². The molecular formula is C14H31N3O2. The van der Waals surface area contributed by atoms with Crippen LogP contribution in [0.5, 0.6) is 0 Å². The Balaban J connectivity index is 2.11. The van der Waals surface area contributed by atoms with Gasteiger partial charge in [0.15, 0.2) is 0 Å². The minimum Gasteiger partial charge on any atom is -0.390 e. The molecule has 1 aliphatic heterocycles. The van der Waals surface area contributed by atoms with Gasteiger partial charge in [-0.2, -0.15) is 0 Å². The van der Waals surface area contributed by atoms with Gasteiger partial charge >= 0.3 is 0 Å². The van der Waals surface area contributed by atoms with Gasteiger partial charge in [0.05, 0.1) is 12.7 Å². The third-order valence-corrected chi connectivity index (χ3v) is 3.95. The second-order valence-corrected chi connectivity index (χ2v) is 5.44. The molecule has 0 saturated carbocycles. The molecule has 1 saturated heterocycles. The summed E-state index contributed by atoms with van der Waals surface area (Å²) < 4.78 is 4.96. The van der Waals surface area contributed by atoms with Crippen molar-refractivity contribution >= 4 is 0 Å². The van der Waals surface area contributed by atoms with Gasteiger partial charge in [0.1, 0.15) is 0 Å². The molecule has 2 unspecified atom stereocenters. The van der Waals surface area contributed by atoms with Gasteiger partial charge < -0.3 is 15.2 Å². The smallest absolute Gasteiger partial charge is 0.0791 e. The number of rotatable bonds is 9. The Morgan fingerprint density at radius 1 is 1.26 bits per heavy atom. The normalized spacial score (nSPS) is 21.5. The summed E-state index contributed by atoms with van der Waals surface area (Å²) in [4.78, 5) is 4.90. The van der Waals surface area contributed by atoms with Gasteiger partial charge in [-0.05, 0) is 13.3 Å². The Morgan fingerprint density at radius 2 is 1.95 bits per heavy atom. The maximum Gasteiger partial charge on any atom is 0.0791 e. The topological polar surface area (TPSA) is 48.0 Å². The number of ether oxygens (including phenoxy) is 1. The molecule has 0 radical (unpaired) electrons. The van der Waals surface area contributed by atoms with Gasteiger partial charge in [0, 0.05) is 59.0 Å². The van der Waals surface area contributed by atoms with Crippen LogP contribution in [-0.4, -0.2) is 86.6 Å². The van der Waals surface area contributed by atoms with E-state index in [-0.39, 0.29) is 6.10 Å². The van der Waals surface area contributed by atoms with Gasteiger partial charge in [0.2, 0.25) is 0 Å². The number of piperazine rings is 1. The van der Waals surface area contributed by atoms with Crippen LogP contribution in [0.15, 0.2) is 0 Å². The number of aliphatic hydroxyl groups excluding tert-OH is 1. The summed E-state index contributed by atoms with van der Waals surface area (Å²) in [5.74, 6) is 0. The molecule has 2 atom stereocenters. The minimum atomic E-state index is -0.285. The first kappa shape index (κ1) is 16.9. The second-order valence-electron chi connectivity index (χ2n) is 5.44. The molecular weight excluding hydrogens is 242 g/mol. The summed E-state index contributed by atoms with van der Waals surface area (Å²) in [6, 6.07) is 0.683. The quantitative estimate of drug-likeness (QED) is 0.579. The van der Waals surface area contributed by atoms with Gasteiger partial charge in [-0.25, -0.2) is 0 Å². The van der Waals surface area contributed by atoms with Crippen LogP contribution >= 0.6 is 0 Å². The Morgan fingerprint density at radius 3 is 2.53 bits per heavy atom. The minimum absolute atomic E-state index is 0.285. The molecule has 1 fully saturated rings. The molecule has 0 aromatic carbocycles. The SMILES string of the molecule is CCC(C)N1CCN(CC(O)CNCCOC)CC1. The van der Waals surface area contributed by atoms with E-state index < -0.39 is 0 Å². The number of nitrogens with zero attached hydrogens (tertiary/aromatic N) is 2. The van der Waals surface area contributed by atoms with Crippen molar-refractivity contribution in [2.75, 3.05) is 59.5 Å². The molecule has 5 nitrogen and oxygen atoms in total. The fourth-order valence-corrected chi connectivity index (χ4v) is 2.45. The van der Waals surface area contributed by atoms with Crippen LogP contribution < -0.4 is 5.32 Å². The van der Waals surface area contributed by atoms with E-state index in [2.05, 4.69) is 29.0 Å². The lowest BCUT2D eigenvalue weighted by Gasteiger charge is -2.38. The second kappa shape index (κ2) is 9.66. The Hall–Kier alpha value is -0.200. The van der Waals surface area contributed by atoms with E-state index >= 15 is 0 Å². The first-order valence-corrected chi connectivity index (χ1v) is 7.51. The van der Waals surface area contributed by atoms with E-state index in [1.807, 2.05) is 0 Å². The zero-order valence-electron chi connectivity index (χ0n) is 12.8. The molecule has 5 heteroatoms. The summed E-state index contributed by atoms with van der Waals surface area (Å²) in [5.41, 5.74) is 0. The lowest BCUT2D eigenvalue weighted by Crippen LogP contribution is -2.51. The van der Waals surface area contributed by atoms with E-state index in [9.17, 15) is 5.11 Å². The van der Waals surface area contributed by atoms with Crippen LogP contribution in [0.1, 0.15) is 20.3 Å². The van der Waals surface area contributed by atoms with Gasteiger partial charge in [0.25, 0.3) is 0 Å². The fourth-order valence-electron chi connectivity index (χ4n) is 2.45. The third-order valence-electron chi connectivity index (χ3n) is 3.95. The zero-order valence-corrected chi connectivity index (χ0v) is 12.8. The molecule has 1 heterocycles. The largest absolute Gasteiger partial charge is 0.390 e. The van der Waals surface area contributed by atoms with Gasteiger partial charge in [-0.15, -0.1) is 0 Å². The van der Waals surface area contributed by atoms with Crippen LogP contribution in [0.3, 0.4) is 0 Å². The maximum absolute atomic E-state index is 9.96. The van der Waals surface area contributed by atoms with Gasteiger partial charge in [-0.1, -0.05) is 6.92 Å². The number of aliphatic hydroxyl groups is 1. The predicted octanol–water partition coefficient (Wildman–Crippen LogP) is -0.000600. The average molecular weight is 273 g/mol. The summed E-state index contributed by atoms with van der Waals surface area (Å²) in [7, 11) is 1.69. The molecule has 0 spiro atoms. The summed E-state index contributed by atoms with van der Waals surface area (Å²) in [6.45, 7) is 11.8. The monoisotopic (exact) mass is 273 g/mol. The first-order chi connectivity index (χ1) is 9.17. The molecule has 1 rings (SSSR count). The standard InChI is InChI=1S/C14H31N3O2/c1-4-13(2)17-8-6-16(7-9-17)12-14(18)11-15-5-10-19-3/h13-15,18H,4-12H2,1-3H3. The lowest BCUT2D eigenvalue weighted by atomic mass is 10.2. The van der Waals surface area contributed by atoms with Crippen molar-refractivity contribution in [3.8, 4) is 0 Å². The number of methoxy groups -OCH3 is 1. The van der Waals surface area contributed by atoms with Crippen LogP contribution in [-0.2, 0) is 4.74 Å². The summed E-state index contributed by atoms with van der Waals surface area (Å²) >= 11 is 0. The van der Waals surface area contributed by atoms with Crippen molar-refractivity contribution in [1.29, 1.82) is 0 Å². The number of nitrogens with one attached hydrogen (secondary N) is 1. The Bertz CT molecular complexity index is 221. The van der Waals surface area contributed by atoms with Crippen LogP contribution in [0.4, 0.5) is 0 Å². The van der Waals surface area contributed by atoms with Crippen LogP contribution in [0, 0.1) is 0 Å². The molecule has 0 amide bonds. The Kier molecular flexibility index (Phi) is 8.57. The van der Waals surface area contributed by atoms with E-state index in [0.29, 0.717) is 19.2 Å². The number of hydrogen-bond donors (Lipinski definition) is 2. The molecule has 114 valence electrons. The average Bonchev–Trinajstić information content (AvgIpc) is 2.43. The summed E-state index contributed by atoms with van der Waals surface area (Å²) in [6.07, 6.45) is 0.929. The summed E-state index contributed by atoms with van der Waals surface area (Å²) in [5, 5.41) is 13.2. The molecule has 0 aromatic rings. The molecule has 1 aliphatic rings. The highest BCUT2D eigenvalue weighted by atomic mass is 16.5. The van der Waals surface area contributed by atoms with Crippen molar-refractivity contribution in [2.24, 2.45) is 0 Å². The first-order valence-electron chi connectivity index (χ1n) is 7.51. The molecule has 19 heavy (non-hydrogen) atoms. The van der Waals surface area contributed by atoms with Gasteiger partial charge in [-0.3, -0.25) is 9.80 Å². The molecule has 2 N–H and O–H groups in total. The van der Waals surface area contributed by atoms with E-state index in [1.165, 1.54) is 6.42 Å². The van der Waals surface area contributed by atoms with Crippen molar-refractivity contribution < 1.29 is 9.84 Å². The van der Waals surface area contributed by atoms with Crippen LogP contribution in [0.25, 0.3) is 0 Å². The predicted molar refractivity (Wildman–Crippen MR) is 78.5 cm³/mol. The Labute approximate surface area is 117 Å². The number of β-amino-alcohol motifs (C(OH)–C–C–N with tert-alkyl or cyclic N) is 1. The van der Waals surface area contributed by atoms with Crippen LogP contribution in [0.2, 0.25) is 0 Å². The van der Waals surface area contributed by atoms with Crippen molar-refractivity contribution in [3.05, 3.63) is 0 Å². The number of hydrogen-bond acceptors (Lipinski definition) is 5. The molecule has 0 bridgehead atoms. The van der Waals surface area contributed by atoms with Crippen molar-refractivity contribution in [1.82, 2.24) is 15.1 Å². The third kappa shape index (κ3) is 6.68. The van der Waals surface area contributed by atoms with Crippen molar-refractivity contribution in [3.63, 3.8) is 0 Å². The maximum atomic E-state index is 9.96. The van der Waals surface area contributed by atoms with E-state index in [1.54, 1.807) is 7.11 Å². The van der Waals surface area contributed by atoms with E-state index in [4.69, 9.17) is 4.74 Å². The highest BCUT2D eigenvalue weighted by Gasteiger charge is 2.21.